The van der Waals surface area contributed by atoms with E-state index in [9.17, 15) is 26.3 Å². The summed E-state index contributed by atoms with van der Waals surface area (Å²) < 4.78 is 80.9. The summed E-state index contributed by atoms with van der Waals surface area (Å²) in [6.07, 6.45) is -11.1. The molecule has 0 spiro atoms. The van der Waals surface area contributed by atoms with Crippen LogP contribution in [0.15, 0.2) is 60.7 Å². The number of benzene rings is 2. The minimum absolute atomic E-state index is 0.321. The molecule has 1 N–H and O–H groups in total. The van der Waals surface area contributed by atoms with Crippen LogP contribution in [0, 0.1) is 0 Å². The minimum Gasteiger partial charge on any atom is -0.288 e. The SMILES string of the molecule is FC(F)(F)C(NCc1ccccc1)(c1ccccc1)C(F)(F)F. The largest absolute Gasteiger partial charge is 0.419 e. The first-order valence-corrected chi connectivity index (χ1v) is 6.66. The highest BCUT2D eigenvalue weighted by molar-refractivity contribution is 5.30. The van der Waals surface area contributed by atoms with E-state index >= 15 is 0 Å². The highest BCUT2D eigenvalue weighted by Gasteiger charge is 2.71. The topological polar surface area (TPSA) is 12.0 Å². The van der Waals surface area contributed by atoms with Crippen molar-refractivity contribution in [1.82, 2.24) is 5.32 Å². The Hall–Kier alpha value is -2.02. The van der Waals surface area contributed by atoms with Crippen molar-refractivity contribution in [3.8, 4) is 0 Å². The molecule has 23 heavy (non-hydrogen) atoms. The van der Waals surface area contributed by atoms with Gasteiger partial charge in [0.05, 0.1) is 0 Å². The second kappa shape index (κ2) is 6.23. The number of nitrogens with one attached hydrogen (secondary N) is 1. The smallest absolute Gasteiger partial charge is 0.288 e. The maximum Gasteiger partial charge on any atom is 0.419 e. The monoisotopic (exact) mass is 333 g/mol. The Morgan fingerprint density at radius 2 is 1.09 bits per heavy atom. The number of halogens is 6. The van der Waals surface area contributed by atoms with Crippen molar-refractivity contribution < 1.29 is 26.3 Å². The van der Waals surface area contributed by atoms with Crippen molar-refractivity contribution in [2.24, 2.45) is 0 Å². The van der Waals surface area contributed by atoms with Crippen LogP contribution in [0.3, 0.4) is 0 Å². The maximum atomic E-state index is 13.5. The molecule has 0 aliphatic carbocycles. The Morgan fingerprint density at radius 3 is 1.52 bits per heavy atom. The minimum atomic E-state index is -5.55. The Bertz CT molecular complexity index is 605. The van der Waals surface area contributed by atoms with E-state index in [1.807, 2.05) is 0 Å². The van der Waals surface area contributed by atoms with E-state index in [0.717, 1.165) is 24.3 Å². The summed E-state index contributed by atoms with van der Waals surface area (Å²) in [5.41, 5.74) is -4.70. The highest BCUT2D eigenvalue weighted by Crippen LogP contribution is 2.50. The van der Waals surface area contributed by atoms with Gasteiger partial charge in [0.15, 0.2) is 0 Å². The van der Waals surface area contributed by atoms with E-state index in [4.69, 9.17) is 0 Å². The van der Waals surface area contributed by atoms with Gasteiger partial charge in [0.2, 0.25) is 5.54 Å². The molecule has 0 radical (unpaired) electrons. The molecule has 2 aromatic carbocycles. The Kier molecular flexibility index (Phi) is 4.70. The van der Waals surface area contributed by atoms with E-state index in [2.05, 4.69) is 0 Å². The zero-order valence-corrected chi connectivity index (χ0v) is 11.7. The Morgan fingerprint density at radius 1 is 0.652 bits per heavy atom. The first-order valence-electron chi connectivity index (χ1n) is 6.66. The van der Waals surface area contributed by atoms with Crippen molar-refractivity contribution in [2.45, 2.75) is 24.4 Å². The van der Waals surface area contributed by atoms with Crippen molar-refractivity contribution in [3.05, 3.63) is 71.8 Å². The number of hydrogen-bond acceptors (Lipinski definition) is 1. The lowest BCUT2D eigenvalue weighted by molar-refractivity contribution is -0.314. The first kappa shape index (κ1) is 17.3. The molecular formula is C16H13F6N. The molecule has 0 atom stereocenters. The molecule has 0 amide bonds. The molecular weight excluding hydrogens is 320 g/mol. The molecule has 0 unspecified atom stereocenters. The molecule has 0 aromatic heterocycles. The number of rotatable bonds is 4. The molecule has 124 valence electrons. The van der Waals surface area contributed by atoms with Crippen LogP contribution in [0.2, 0.25) is 0 Å². The van der Waals surface area contributed by atoms with Crippen molar-refractivity contribution in [2.75, 3.05) is 0 Å². The fourth-order valence-electron chi connectivity index (χ4n) is 2.31. The van der Waals surface area contributed by atoms with E-state index in [1.165, 1.54) is 18.2 Å². The van der Waals surface area contributed by atoms with E-state index in [1.54, 1.807) is 23.5 Å². The van der Waals surface area contributed by atoms with E-state index in [-0.39, 0.29) is 0 Å². The lowest BCUT2D eigenvalue weighted by Crippen LogP contribution is -2.63. The lowest BCUT2D eigenvalue weighted by atomic mass is 9.87. The third-order valence-corrected chi connectivity index (χ3v) is 3.46. The predicted octanol–water partition coefficient (Wildman–Crippen LogP) is 4.80. The van der Waals surface area contributed by atoms with E-state index in [0.29, 0.717) is 5.56 Å². The average molecular weight is 333 g/mol. The molecule has 1 nitrogen and oxygen atoms in total. The Labute approximate surface area is 128 Å². The lowest BCUT2D eigenvalue weighted by Gasteiger charge is -2.38. The van der Waals surface area contributed by atoms with Gasteiger partial charge in [-0.25, -0.2) is 0 Å². The summed E-state index contributed by atoms with van der Waals surface area (Å²) in [5, 5.41) is 1.70. The van der Waals surface area contributed by atoms with Gasteiger partial charge in [-0.05, 0) is 11.1 Å². The van der Waals surface area contributed by atoms with Gasteiger partial charge in [0.1, 0.15) is 0 Å². The molecule has 0 aliphatic heterocycles. The number of hydrogen-bond donors (Lipinski definition) is 1. The molecule has 0 saturated carbocycles. The Balaban J connectivity index is 2.50. The van der Waals surface area contributed by atoms with Crippen LogP contribution in [-0.2, 0) is 12.1 Å². The van der Waals surface area contributed by atoms with Crippen LogP contribution in [0.4, 0.5) is 26.3 Å². The zero-order valence-electron chi connectivity index (χ0n) is 11.7. The summed E-state index contributed by atoms with van der Waals surface area (Å²) in [7, 11) is 0. The summed E-state index contributed by atoms with van der Waals surface area (Å²) in [4.78, 5) is 0. The molecule has 7 heteroatoms. The molecule has 0 aliphatic rings. The van der Waals surface area contributed by atoms with Crippen molar-refractivity contribution in [1.29, 1.82) is 0 Å². The first-order chi connectivity index (χ1) is 10.7. The molecule has 0 fully saturated rings. The normalized spacial score (nSPS) is 13.1. The van der Waals surface area contributed by atoms with Gasteiger partial charge in [-0.1, -0.05) is 60.7 Å². The van der Waals surface area contributed by atoms with Crippen molar-refractivity contribution in [3.63, 3.8) is 0 Å². The number of alkyl halides is 6. The second-order valence-corrected chi connectivity index (χ2v) is 4.95. The van der Waals surface area contributed by atoms with Gasteiger partial charge < -0.3 is 0 Å². The fourth-order valence-corrected chi connectivity index (χ4v) is 2.31. The van der Waals surface area contributed by atoms with Crippen LogP contribution in [0.1, 0.15) is 11.1 Å². The molecule has 0 saturated heterocycles. The van der Waals surface area contributed by atoms with Crippen molar-refractivity contribution >= 4 is 0 Å². The summed E-state index contributed by atoms with van der Waals surface area (Å²) >= 11 is 0. The van der Waals surface area contributed by atoms with Crippen LogP contribution in [0.5, 0.6) is 0 Å². The van der Waals surface area contributed by atoms with Gasteiger partial charge in [-0.3, -0.25) is 5.32 Å². The van der Waals surface area contributed by atoms with Gasteiger partial charge in [0, 0.05) is 6.54 Å². The summed E-state index contributed by atoms with van der Waals surface area (Å²) in [6, 6.07) is 12.9. The van der Waals surface area contributed by atoms with Crippen LogP contribution in [-0.4, -0.2) is 12.4 Å². The van der Waals surface area contributed by atoms with Crippen LogP contribution >= 0.6 is 0 Å². The third-order valence-electron chi connectivity index (χ3n) is 3.46. The van der Waals surface area contributed by atoms with E-state index < -0.39 is 30.0 Å². The second-order valence-electron chi connectivity index (χ2n) is 4.95. The highest BCUT2D eigenvalue weighted by atomic mass is 19.4. The van der Waals surface area contributed by atoms with Gasteiger partial charge in [-0.15, -0.1) is 0 Å². The summed E-state index contributed by atoms with van der Waals surface area (Å²) in [6.45, 7) is -0.575. The standard InChI is InChI=1S/C16H13F6N/c17-15(18,19)14(16(20,21)22,13-9-5-2-6-10-13)23-11-12-7-3-1-4-8-12/h1-10,23H,11H2. The molecule has 2 aromatic rings. The van der Waals surface area contributed by atoms with Crippen LogP contribution < -0.4 is 5.32 Å². The third kappa shape index (κ3) is 3.34. The fraction of sp³-hybridized carbons (Fsp3) is 0.250. The van der Waals surface area contributed by atoms with Gasteiger partial charge in [-0.2, -0.15) is 26.3 Å². The van der Waals surface area contributed by atoms with Crippen LogP contribution in [0.25, 0.3) is 0 Å². The predicted molar refractivity (Wildman–Crippen MR) is 73.5 cm³/mol. The average Bonchev–Trinajstić information content (AvgIpc) is 2.47. The molecule has 0 bridgehead atoms. The van der Waals surface area contributed by atoms with Gasteiger partial charge >= 0.3 is 12.4 Å². The molecule has 2 rings (SSSR count). The quantitative estimate of drug-likeness (QED) is 0.793. The molecule has 0 heterocycles. The summed E-state index contributed by atoms with van der Waals surface area (Å²) in [5.74, 6) is 0. The van der Waals surface area contributed by atoms with Gasteiger partial charge in [0.25, 0.3) is 0 Å². The zero-order chi connectivity index (χ0) is 17.1. The maximum absolute atomic E-state index is 13.5.